The molecule has 0 saturated heterocycles. The van der Waals surface area contributed by atoms with Crippen LogP contribution in [-0.2, 0) is 23.9 Å². The Bertz CT molecular complexity index is 520. The fraction of sp³-hybridized carbons (Fsp3) is 0.765. The van der Waals surface area contributed by atoms with Crippen LogP contribution in [0.4, 0.5) is 4.79 Å². The van der Waals surface area contributed by atoms with Gasteiger partial charge in [-0.2, -0.15) is 11.8 Å². The van der Waals surface area contributed by atoms with Crippen LogP contribution in [0.1, 0.15) is 47.0 Å². The molecule has 2 amide bonds. The quantitative estimate of drug-likeness (QED) is 0.440. The average molecular weight is 407 g/mol. The lowest BCUT2D eigenvalue weighted by Gasteiger charge is -2.24. The number of carboxylic acid groups (broad SMARTS) is 1. The molecular formula is C17H30N2O7S. The smallest absolute Gasteiger partial charge is 0.408 e. The third kappa shape index (κ3) is 12.1. The predicted octanol–water partition coefficient (Wildman–Crippen LogP) is 1.55. The number of esters is 1. The molecule has 9 nitrogen and oxygen atoms in total. The van der Waals surface area contributed by atoms with E-state index in [1.54, 1.807) is 27.7 Å². The summed E-state index contributed by atoms with van der Waals surface area (Å²) in [5, 5.41) is 13.8. The summed E-state index contributed by atoms with van der Waals surface area (Å²) in [6.45, 7) is 6.81. The van der Waals surface area contributed by atoms with Gasteiger partial charge in [-0.15, -0.1) is 0 Å². The van der Waals surface area contributed by atoms with E-state index in [4.69, 9.17) is 14.6 Å². The maximum atomic E-state index is 12.6. The van der Waals surface area contributed by atoms with E-state index in [9.17, 15) is 19.2 Å². The summed E-state index contributed by atoms with van der Waals surface area (Å²) in [6.07, 6.45) is 1.01. The second-order valence-electron chi connectivity index (χ2n) is 6.73. The standard InChI is InChI=1S/C17H30N2O7S/c1-6-25-15(23)12(7-8-13(20)21)18-14(22)11(9-10-27-5)19-16(24)26-17(2,3)4/h11-12H,6-10H2,1-5H3,(H,18,22)(H,19,24)(H,20,21)/t11-,12+/m1/s1. The third-order valence-corrected chi connectivity index (χ3v) is 3.80. The molecule has 0 aliphatic carbocycles. The Hall–Kier alpha value is -1.97. The van der Waals surface area contributed by atoms with E-state index < -0.39 is 41.6 Å². The van der Waals surface area contributed by atoms with Gasteiger partial charge in [0, 0.05) is 6.42 Å². The van der Waals surface area contributed by atoms with Gasteiger partial charge in [-0.1, -0.05) is 0 Å². The average Bonchev–Trinajstić information content (AvgIpc) is 2.53. The Labute approximate surface area is 163 Å². The van der Waals surface area contributed by atoms with Crippen molar-refractivity contribution in [2.45, 2.75) is 64.6 Å². The molecule has 156 valence electrons. The highest BCUT2D eigenvalue weighted by Crippen LogP contribution is 2.09. The first-order chi connectivity index (χ1) is 12.5. The highest BCUT2D eigenvalue weighted by Gasteiger charge is 2.29. The highest BCUT2D eigenvalue weighted by atomic mass is 32.2. The van der Waals surface area contributed by atoms with E-state index in [0.29, 0.717) is 12.2 Å². The molecule has 0 aromatic heterocycles. The van der Waals surface area contributed by atoms with Crippen LogP contribution in [0.25, 0.3) is 0 Å². The molecule has 2 atom stereocenters. The van der Waals surface area contributed by atoms with Crippen molar-refractivity contribution in [1.29, 1.82) is 0 Å². The number of aliphatic carboxylic acids is 1. The maximum Gasteiger partial charge on any atom is 0.408 e. The van der Waals surface area contributed by atoms with Crippen molar-refractivity contribution in [3.05, 3.63) is 0 Å². The minimum atomic E-state index is -1.11. The number of amides is 2. The minimum absolute atomic E-state index is 0.102. The van der Waals surface area contributed by atoms with Gasteiger partial charge in [0.2, 0.25) is 5.91 Å². The lowest BCUT2D eigenvalue weighted by Crippen LogP contribution is -2.52. The predicted molar refractivity (Wildman–Crippen MR) is 102 cm³/mol. The van der Waals surface area contributed by atoms with Gasteiger partial charge in [-0.3, -0.25) is 9.59 Å². The van der Waals surface area contributed by atoms with Gasteiger partial charge in [0.25, 0.3) is 0 Å². The number of thioether (sulfide) groups is 1. The molecule has 0 unspecified atom stereocenters. The monoisotopic (exact) mass is 406 g/mol. The van der Waals surface area contributed by atoms with Gasteiger partial charge >= 0.3 is 18.0 Å². The largest absolute Gasteiger partial charge is 0.481 e. The van der Waals surface area contributed by atoms with Crippen molar-refractivity contribution >= 4 is 35.7 Å². The molecule has 3 N–H and O–H groups in total. The van der Waals surface area contributed by atoms with Crippen LogP contribution in [0.15, 0.2) is 0 Å². The van der Waals surface area contributed by atoms with Gasteiger partial charge in [-0.25, -0.2) is 9.59 Å². The van der Waals surface area contributed by atoms with Gasteiger partial charge in [0.1, 0.15) is 17.7 Å². The summed E-state index contributed by atoms with van der Waals surface area (Å²) < 4.78 is 10.0. The Morgan fingerprint density at radius 2 is 1.70 bits per heavy atom. The molecule has 0 radical (unpaired) electrons. The van der Waals surface area contributed by atoms with E-state index in [-0.39, 0.29) is 19.4 Å². The molecule has 0 aromatic rings. The van der Waals surface area contributed by atoms with Crippen molar-refractivity contribution in [2.24, 2.45) is 0 Å². The Balaban J connectivity index is 5.09. The van der Waals surface area contributed by atoms with E-state index in [1.807, 2.05) is 6.26 Å². The van der Waals surface area contributed by atoms with Crippen LogP contribution in [0.3, 0.4) is 0 Å². The van der Waals surface area contributed by atoms with Crippen molar-refractivity contribution < 1.29 is 33.8 Å². The van der Waals surface area contributed by atoms with Crippen LogP contribution >= 0.6 is 11.8 Å². The first kappa shape index (κ1) is 25.0. The number of hydrogen-bond donors (Lipinski definition) is 3. The second kappa shape index (κ2) is 12.4. The van der Waals surface area contributed by atoms with Crippen LogP contribution in [0.2, 0.25) is 0 Å². The van der Waals surface area contributed by atoms with Gasteiger partial charge in [0.05, 0.1) is 6.61 Å². The van der Waals surface area contributed by atoms with Crippen LogP contribution in [-0.4, -0.2) is 65.3 Å². The Morgan fingerprint density at radius 3 is 2.19 bits per heavy atom. The lowest BCUT2D eigenvalue weighted by atomic mass is 10.1. The zero-order chi connectivity index (χ0) is 21.0. The Morgan fingerprint density at radius 1 is 1.07 bits per heavy atom. The van der Waals surface area contributed by atoms with Crippen molar-refractivity contribution in [3.63, 3.8) is 0 Å². The first-order valence-corrected chi connectivity index (χ1v) is 10.1. The fourth-order valence-electron chi connectivity index (χ4n) is 1.99. The van der Waals surface area contributed by atoms with Gasteiger partial charge in [0.15, 0.2) is 0 Å². The molecule has 0 fully saturated rings. The molecule has 0 spiro atoms. The zero-order valence-electron chi connectivity index (χ0n) is 16.5. The molecular weight excluding hydrogens is 376 g/mol. The molecule has 0 rings (SSSR count). The molecule has 0 aromatic carbocycles. The number of carboxylic acids is 1. The van der Waals surface area contributed by atoms with Crippen LogP contribution in [0, 0.1) is 0 Å². The molecule has 27 heavy (non-hydrogen) atoms. The summed E-state index contributed by atoms with van der Waals surface area (Å²) in [5.74, 6) is -1.82. The normalized spacial score (nSPS) is 13.2. The summed E-state index contributed by atoms with van der Waals surface area (Å²) in [5.41, 5.74) is -0.723. The SMILES string of the molecule is CCOC(=O)[C@H](CCC(=O)O)NC(=O)[C@@H](CCSC)NC(=O)OC(C)(C)C. The second-order valence-corrected chi connectivity index (χ2v) is 7.71. The number of carbonyl (C=O) groups is 4. The number of alkyl carbamates (subject to hydrolysis) is 1. The molecule has 0 aliphatic rings. The molecule has 10 heteroatoms. The Kier molecular flexibility index (Phi) is 11.5. The highest BCUT2D eigenvalue weighted by molar-refractivity contribution is 7.98. The number of nitrogens with one attached hydrogen (secondary N) is 2. The van der Waals surface area contributed by atoms with Gasteiger partial charge in [-0.05, 0) is 52.5 Å². The number of rotatable bonds is 11. The summed E-state index contributed by atoms with van der Waals surface area (Å²) in [6, 6.07) is -2.03. The molecule has 0 heterocycles. The van der Waals surface area contributed by atoms with E-state index in [1.165, 1.54) is 11.8 Å². The summed E-state index contributed by atoms with van der Waals surface area (Å²) >= 11 is 1.49. The molecule has 0 saturated carbocycles. The van der Waals surface area contributed by atoms with Crippen LogP contribution in [0.5, 0.6) is 0 Å². The van der Waals surface area contributed by atoms with Gasteiger partial charge < -0.3 is 25.2 Å². The lowest BCUT2D eigenvalue weighted by molar-refractivity contribution is -0.148. The van der Waals surface area contributed by atoms with E-state index in [2.05, 4.69) is 10.6 Å². The summed E-state index contributed by atoms with van der Waals surface area (Å²) in [7, 11) is 0. The fourth-order valence-corrected chi connectivity index (χ4v) is 2.46. The minimum Gasteiger partial charge on any atom is -0.481 e. The summed E-state index contributed by atoms with van der Waals surface area (Å²) in [4.78, 5) is 47.3. The van der Waals surface area contributed by atoms with E-state index >= 15 is 0 Å². The van der Waals surface area contributed by atoms with Crippen molar-refractivity contribution in [2.75, 3.05) is 18.6 Å². The number of ether oxygens (including phenoxy) is 2. The molecule has 0 bridgehead atoms. The third-order valence-electron chi connectivity index (χ3n) is 3.15. The molecule has 0 aliphatic heterocycles. The first-order valence-electron chi connectivity index (χ1n) is 8.67. The number of hydrogen-bond acceptors (Lipinski definition) is 7. The topological polar surface area (TPSA) is 131 Å². The zero-order valence-corrected chi connectivity index (χ0v) is 17.3. The van der Waals surface area contributed by atoms with Crippen molar-refractivity contribution in [3.8, 4) is 0 Å². The van der Waals surface area contributed by atoms with Crippen molar-refractivity contribution in [1.82, 2.24) is 10.6 Å². The number of carbonyl (C=O) groups excluding carboxylic acids is 3. The van der Waals surface area contributed by atoms with E-state index in [0.717, 1.165) is 0 Å². The maximum absolute atomic E-state index is 12.6. The van der Waals surface area contributed by atoms with Crippen LogP contribution < -0.4 is 10.6 Å².